The topological polar surface area (TPSA) is 312 Å². The summed E-state index contributed by atoms with van der Waals surface area (Å²) in [7, 11) is -6.67. The van der Waals surface area contributed by atoms with Crippen molar-refractivity contribution in [3.05, 3.63) is 154 Å². The lowest BCUT2D eigenvalue weighted by atomic mass is 9.66. The first-order valence-electron chi connectivity index (χ1n) is 47.4. The number of cyclic esters (lactones) is 1. The lowest BCUT2D eigenvalue weighted by Crippen LogP contribution is -2.54. The predicted molar refractivity (Wildman–Crippen MR) is 533 cm³/mol. The first kappa shape index (κ1) is 117. The van der Waals surface area contributed by atoms with E-state index in [1.165, 1.54) is 16.7 Å². The standard InChI is InChI=1S/C59H102O7Si3.C32H48O9.C15H17ClO3.CO2/c1-38(2)32-41(5)54(63-55(61)46-30-28-27-29-31-46)48(60)33-40(4)49-35-42(6)59(19,20)53(62-49)34-39(3)43(7)50(64-67(21,22)56(10,11)12)36-47-44(8)51(65-68(23,24)57(13,14)15)37-52(45(47)9)66-69(25,26)58(16,17)18;1-15(2)9-17(4)30(38)24(36)10-16(3)25-14-27(37)32(7,8)28(40-25)13-22(34)19(6)26-11-20-18(5)21(33)12-23(35)29(20)31(39)41-26;1-10(2)9-11(3)13(14(16)17)19-15(18)12-7-5-4-6-8-12;2-1-3/h27-31,37,39-43,49-50,53-54H,1,32-36H2,2-26H3;12,16-17,19,22,25-28,30,33-35,37-38H,1,9-11,13-14H2,2-8H3;4-8,11,13H,1,9H2,2-3H3;/t39-,40?,41-,42+,43+,49-,50+,53+,54-;16-,17+,19-,22+,25+,26-,27-,28-,30+;11-,13-;/m010./s1. The molecule has 3 heterocycles. The van der Waals surface area contributed by atoms with Crippen LogP contribution in [0.2, 0.25) is 54.4 Å². The summed E-state index contributed by atoms with van der Waals surface area (Å²) in [4.78, 5) is 92.7. The van der Waals surface area contributed by atoms with Crippen LogP contribution in [0.3, 0.4) is 0 Å². The van der Waals surface area contributed by atoms with Crippen LogP contribution in [0, 0.1) is 84.9 Å². The van der Waals surface area contributed by atoms with E-state index in [0.717, 1.165) is 53.5 Å². The Hall–Kier alpha value is -7.20. The van der Waals surface area contributed by atoms with E-state index in [1.807, 2.05) is 73.6 Å². The fraction of sp³-hybridized carbons (Fsp3) is 0.654. The second-order valence-corrected chi connectivity index (χ2v) is 59.6. The highest BCUT2D eigenvalue weighted by Gasteiger charge is 2.51. The van der Waals surface area contributed by atoms with Gasteiger partial charge < -0.3 is 62.5 Å². The molecule has 2 fully saturated rings. The SMILES string of the molecule is C=C(C)C[C@H](C)[C@H](O)C(=O)C[C@@H](C)[C@@H]1C[C@@H](O)C(C)(C)[C@@H](C[C@H](O)[C@@H](C)[C@H]2Cc3c(C)c(O)cc(O)c3C(=O)O2)O1.C=C(C)C[C@H](C)[C@H](OC(=O)c1ccccc1)C(=O)CC(C)[C@@H]1C[C@@H](C)C(C)(C)[C@@H](C[C@H](C)[C@@H](C)[C@@H](Cc2c(C)c(O[Si](C)(C)C(C)(C)C)cc(O[Si](C)(C)C(C)(C)C)c2C)O[Si](C)(C)C(C)(C)C)O1.C=C(C)C[C@H](C)[C@H](OC(=O)c1ccccc1)C(=O)Cl.O=C=O. The molecule has 0 aromatic heterocycles. The number of phenols is 2. The largest absolute Gasteiger partial charge is 0.543 e. The Balaban J connectivity index is 0.000000481. The molecule has 3 aliphatic heterocycles. The summed E-state index contributed by atoms with van der Waals surface area (Å²) in [6, 6.07) is 20.8. The number of esters is 3. The molecule has 132 heavy (non-hydrogen) atoms. The summed E-state index contributed by atoms with van der Waals surface area (Å²) in [6.45, 7) is 85.5. The van der Waals surface area contributed by atoms with Gasteiger partial charge in [0.15, 0.2) is 32.1 Å². The van der Waals surface area contributed by atoms with Gasteiger partial charge in [-0.3, -0.25) is 14.4 Å². The van der Waals surface area contributed by atoms with Crippen LogP contribution in [-0.4, -0.2) is 158 Å². The number of allylic oxidation sites excluding steroid dienone is 3. The van der Waals surface area contributed by atoms with Crippen LogP contribution in [0.25, 0.3) is 0 Å². The maximum absolute atomic E-state index is 14.3. The third-order valence-corrected chi connectivity index (χ3v) is 43.3. The predicted octanol–water partition coefficient (Wildman–Crippen LogP) is 23.9. The molecule has 2 saturated heterocycles. The molecule has 3 aliphatic rings. The van der Waals surface area contributed by atoms with Gasteiger partial charge in [-0.1, -0.05) is 205 Å². The average Bonchev–Trinajstić information content (AvgIpc) is 0.769. The number of rotatable bonds is 38. The lowest BCUT2D eigenvalue weighted by molar-refractivity contribution is -0.198. The second-order valence-electron chi connectivity index (χ2n) is 45.0. The van der Waals surface area contributed by atoms with E-state index in [2.05, 4.69) is 183 Å². The molecule has 0 amide bonds. The molecule has 4 aromatic carbocycles. The van der Waals surface area contributed by atoms with Crippen molar-refractivity contribution in [2.45, 2.75) is 386 Å². The smallest absolute Gasteiger partial charge is 0.373 e. The molecule has 25 heteroatoms. The second kappa shape index (κ2) is 48.7. The average molecular weight is 1910 g/mol. The molecule has 0 bridgehead atoms. The van der Waals surface area contributed by atoms with Crippen LogP contribution < -0.4 is 8.85 Å². The normalized spacial score (nSPS) is 21.6. The summed E-state index contributed by atoms with van der Waals surface area (Å²) in [5, 5.41) is 52.6. The Labute approximate surface area is 800 Å². The molecule has 0 spiro atoms. The van der Waals surface area contributed by atoms with Gasteiger partial charge in [0, 0.05) is 67.4 Å². The molecule has 740 valence electrons. The summed E-state index contributed by atoms with van der Waals surface area (Å²) >= 11 is 5.51. The zero-order valence-corrected chi connectivity index (χ0v) is 90.3. The number of ether oxygens (including phenoxy) is 5. The van der Waals surface area contributed by atoms with Crippen LogP contribution >= 0.6 is 11.6 Å². The molecule has 7 rings (SSSR count). The maximum atomic E-state index is 14.3. The molecule has 1 unspecified atom stereocenters. The molecule has 4 aromatic rings. The van der Waals surface area contributed by atoms with Crippen LogP contribution in [0.15, 0.2) is 109 Å². The van der Waals surface area contributed by atoms with Crippen molar-refractivity contribution in [3.63, 3.8) is 0 Å². The molecular formula is C107H167ClO21Si3. The Morgan fingerprint density at radius 2 is 0.970 bits per heavy atom. The van der Waals surface area contributed by atoms with Crippen molar-refractivity contribution in [3.8, 4) is 23.0 Å². The van der Waals surface area contributed by atoms with Crippen LogP contribution in [0.5, 0.6) is 23.0 Å². The molecular weight excluding hydrogens is 1740 g/mol. The van der Waals surface area contributed by atoms with Crippen molar-refractivity contribution in [2.24, 2.45) is 64.1 Å². The molecule has 21 nitrogen and oxygen atoms in total. The summed E-state index contributed by atoms with van der Waals surface area (Å²) in [6.07, 6.45) is -1.01. The number of fused-ring (bicyclic) bond motifs is 1. The first-order chi connectivity index (χ1) is 60.4. The van der Waals surface area contributed by atoms with Crippen molar-refractivity contribution in [1.82, 2.24) is 0 Å². The number of phenolic OH excluding ortho intramolecular Hbond substituents is 2. The summed E-state index contributed by atoms with van der Waals surface area (Å²) < 4.78 is 52.6. The third-order valence-electron chi connectivity index (χ3n) is 29.9. The highest BCUT2D eigenvalue weighted by Crippen LogP contribution is 2.51. The fourth-order valence-corrected chi connectivity index (χ4v) is 20.7. The van der Waals surface area contributed by atoms with Gasteiger partial charge >= 0.3 is 24.1 Å². The Morgan fingerprint density at radius 3 is 1.40 bits per heavy atom. The minimum Gasteiger partial charge on any atom is -0.543 e. The number of aliphatic hydroxyl groups excluding tert-OH is 3. The monoisotopic (exact) mass is 1910 g/mol. The zero-order valence-electron chi connectivity index (χ0n) is 86.5. The van der Waals surface area contributed by atoms with Gasteiger partial charge in [0.1, 0.15) is 40.8 Å². The van der Waals surface area contributed by atoms with Crippen LogP contribution in [0.1, 0.15) is 290 Å². The van der Waals surface area contributed by atoms with Gasteiger partial charge in [0.2, 0.25) is 16.6 Å². The van der Waals surface area contributed by atoms with Crippen molar-refractivity contribution in [2.75, 3.05) is 0 Å². The van der Waals surface area contributed by atoms with E-state index in [-0.39, 0.29) is 141 Å². The number of Topliss-reactive ketones (excluding diaryl/α,β-unsaturated/α-hetero) is 2. The van der Waals surface area contributed by atoms with E-state index in [4.69, 9.17) is 58.2 Å². The van der Waals surface area contributed by atoms with Gasteiger partial charge in [-0.15, -0.1) is 19.7 Å². The Morgan fingerprint density at radius 1 is 0.561 bits per heavy atom. The number of carbonyl (C=O) groups is 6. The Kier molecular flexibility index (Phi) is 43.2. The number of halogens is 1. The number of hydrogen-bond donors (Lipinski definition) is 5. The quantitative estimate of drug-likeness (QED) is 0.00915. The third kappa shape index (κ3) is 31.9. The molecule has 20 atom stereocenters. The van der Waals surface area contributed by atoms with Crippen LogP contribution in [0.4, 0.5) is 0 Å². The van der Waals surface area contributed by atoms with Crippen molar-refractivity contribution in [1.29, 1.82) is 0 Å². The Bertz CT molecular complexity index is 4530. The minimum absolute atomic E-state index is 0.0219. The molecule has 0 saturated carbocycles. The highest BCUT2D eigenvalue weighted by atomic mass is 35.5. The van der Waals surface area contributed by atoms with Gasteiger partial charge in [-0.25, -0.2) is 14.4 Å². The number of aromatic hydroxyl groups is 2. The van der Waals surface area contributed by atoms with E-state index in [0.29, 0.717) is 53.9 Å². The van der Waals surface area contributed by atoms with Crippen molar-refractivity contribution < 1.29 is 101 Å². The van der Waals surface area contributed by atoms with Gasteiger partial charge in [0.25, 0.3) is 5.24 Å². The first-order valence-corrected chi connectivity index (χ1v) is 56.5. The minimum atomic E-state index is -2.26. The van der Waals surface area contributed by atoms with E-state index < -0.39 is 108 Å². The number of aliphatic hydroxyl groups is 3. The van der Waals surface area contributed by atoms with E-state index >= 15 is 0 Å². The van der Waals surface area contributed by atoms with Crippen LogP contribution in [-0.2, 0) is 64.9 Å². The van der Waals surface area contributed by atoms with E-state index in [9.17, 15) is 54.3 Å². The van der Waals surface area contributed by atoms with Gasteiger partial charge in [-0.2, -0.15) is 9.59 Å². The zero-order chi connectivity index (χ0) is 101. The summed E-state index contributed by atoms with van der Waals surface area (Å²) in [5.74, 6) is -1.33. The van der Waals surface area contributed by atoms with Crippen molar-refractivity contribution >= 4 is 77.4 Å². The maximum Gasteiger partial charge on any atom is 0.373 e. The highest BCUT2D eigenvalue weighted by molar-refractivity contribution is 6.75. The lowest BCUT2D eigenvalue weighted by Gasteiger charge is -2.50. The van der Waals surface area contributed by atoms with E-state index in [1.54, 1.807) is 63.2 Å². The fourth-order valence-electron chi connectivity index (χ4n) is 16.9. The number of benzene rings is 4. The molecule has 5 N–H and O–H groups in total. The number of ketones is 2. The van der Waals surface area contributed by atoms with Gasteiger partial charge in [0.05, 0.1) is 53.9 Å². The van der Waals surface area contributed by atoms with Gasteiger partial charge in [-0.05, 0) is 239 Å². The molecule has 0 aliphatic carbocycles. The summed E-state index contributed by atoms with van der Waals surface area (Å²) in [5.41, 5.74) is 7.46. The number of carbonyl (C=O) groups excluding carboxylic acids is 8. The molecule has 0 radical (unpaired) electrons. The number of hydrogen-bond acceptors (Lipinski definition) is 21.